The van der Waals surface area contributed by atoms with Crippen LogP contribution in [0.25, 0.3) is 0 Å². The molecular weight excluding hydrogens is 198 g/mol. The molecule has 1 rings (SSSR count). The van der Waals surface area contributed by atoms with E-state index in [-0.39, 0.29) is 5.43 Å². The Hall–Kier alpha value is -1.05. The normalized spacial score (nSPS) is 10.7. The minimum atomic E-state index is 0.198. The first-order valence-corrected chi connectivity index (χ1v) is 6.34. The maximum Gasteiger partial charge on any atom is 0.185 e. The summed E-state index contributed by atoms with van der Waals surface area (Å²) in [5.41, 5.74) is 3.17. The maximum absolute atomic E-state index is 11.8. The minimum Gasteiger partial charge on any atom is -0.362 e. The Bertz CT molecular complexity index is 379. The van der Waals surface area contributed by atoms with Gasteiger partial charge in [-0.25, -0.2) is 0 Å². The van der Waals surface area contributed by atoms with E-state index >= 15 is 0 Å². The first-order chi connectivity index (χ1) is 7.65. The molecule has 16 heavy (non-hydrogen) atoms. The van der Waals surface area contributed by atoms with Gasteiger partial charge in [0.1, 0.15) is 0 Å². The van der Waals surface area contributed by atoms with E-state index < -0.39 is 0 Å². The number of rotatable bonds is 6. The van der Waals surface area contributed by atoms with Gasteiger partial charge in [0.25, 0.3) is 0 Å². The first kappa shape index (κ1) is 13.0. The van der Waals surface area contributed by atoms with E-state index in [1.807, 2.05) is 13.8 Å². The van der Waals surface area contributed by atoms with Crippen molar-refractivity contribution < 1.29 is 0 Å². The smallest absolute Gasteiger partial charge is 0.185 e. The molecular formula is C14H23NO. The summed E-state index contributed by atoms with van der Waals surface area (Å²) in [4.78, 5) is 15.0. The van der Waals surface area contributed by atoms with Crippen LogP contribution in [-0.2, 0) is 6.42 Å². The van der Waals surface area contributed by atoms with Gasteiger partial charge in [0.2, 0.25) is 0 Å². The number of hydrogen-bond acceptors (Lipinski definition) is 1. The number of hydrogen-bond donors (Lipinski definition) is 1. The van der Waals surface area contributed by atoms with Gasteiger partial charge in [-0.05, 0) is 26.7 Å². The second kappa shape index (κ2) is 6.51. The summed E-state index contributed by atoms with van der Waals surface area (Å²) in [7, 11) is 0. The molecule has 0 aromatic carbocycles. The Labute approximate surface area is 98.1 Å². The number of aryl methyl sites for hydroxylation is 2. The van der Waals surface area contributed by atoms with Gasteiger partial charge in [-0.15, -0.1) is 0 Å². The molecule has 0 unspecified atom stereocenters. The Morgan fingerprint density at radius 3 is 2.44 bits per heavy atom. The fraction of sp³-hybridized carbons (Fsp3) is 0.643. The molecule has 0 saturated heterocycles. The Morgan fingerprint density at radius 2 is 1.81 bits per heavy atom. The van der Waals surface area contributed by atoms with Crippen LogP contribution in [0.15, 0.2) is 10.9 Å². The summed E-state index contributed by atoms with van der Waals surface area (Å²) in [5, 5.41) is 0. The van der Waals surface area contributed by atoms with E-state index in [2.05, 4.69) is 11.9 Å². The van der Waals surface area contributed by atoms with E-state index in [9.17, 15) is 4.79 Å². The molecule has 2 nitrogen and oxygen atoms in total. The molecule has 0 atom stereocenters. The number of aromatic amines is 1. The number of nitrogens with one attached hydrogen (secondary N) is 1. The molecule has 1 aromatic rings. The predicted molar refractivity (Wildman–Crippen MR) is 69.0 cm³/mol. The highest BCUT2D eigenvalue weighted by atomic mass is 16.1. The topological polar surface area (TPSA) is 32.9 Å². The second-order valence-electron chi connectivity index (χ2n) is 4.58. The largest absolute Gasteiger partial charge is 0.362 e. The monoisotopic (exact) mass is 221 g/mol. The number of H-pyrrole nitrogens is 1. The molecule has 1 heterocycles. The van der Waals surface area contributed by atoms with Gasteiger partial charge >= 0.3 is 0 Å². The van der Waals surface area contributed by atoms with Crippen molar-refractivity contribution in [2.45, 2.75) is 59.3 Å². The third kappa shape index (κ3) is 3.84. The van der Waals surface area contributed by atoms with Crippen LogP contribution in [-0.4, -0.2) is 4.98 Å². The van der Waals surface area contributed by atoms with Crippen molar-refractivity contribution in [2.24, 2.45) is 0 Å². The maximum atomic E-state index is 11.8. The van der Waals surface area contributed by atoms with E-state index in [0.29, 0.717) is 0 Å². The van der Waals surface area contributed by atoms with E-state index in [0.717, 1.165) is 29.8 Å². The number of pyridine rings is 1. The van der Waals surface area contributed by atoms with E-state index in [4.69, 9.17) is 0 Å². The molecule has 0 amide bonds. The fourth-order valence-corrected chi connectivity index (χ4v) is 2.09. The molecule has 90 valence electrons. The average molecular weight is 221 g/mol. The van der Waals surface area contributed by atoms with Crippen molar-refractivity contribution in [3.8, 4) is 0 Å². The van der Waals surface area contributed by atoms with Gasteiger partial charge in [0, 0.05) is 23.0 Å². The molecule has 2 heteroatoms. The van der Waals surface area contributed by atoms with E-state index in [1.54, 1.807) is 6.07 Å². The highest BCUT2D eigenvalue weighted by Crippen LogP contribution is 2.08. The zero-order chi connectivity index (χ0) is 12.0. The highest BCUT2D eigenvalue weighted by molar-refractivity contribution is 5.21. The quantitative estimate of drug-likeness (QED) is 0.733. The standard InChI is InChI=1S/C14H23NO/c1-4-5-6-7-8-9-13-12(3)15-11(2)10-14(13)16/h10H,4-9H2,1-3H3,(H,15,16). The molecule has 0 radical (unpaired) electrons. The Morgan fingerprint density at radius 1 is 1.12 bits per heavy atom. The third-order valence-corrected chi connectivity index (χ3v) is 3.01. The lowest BCUT2D eigenvalue weighted by atomic mass is 10.0. The van der Waals surface area contributed by atoms with Gasteiger partial charge in [-0.1, -0.05) is 32.6 Å². The van der Waals surface area contributed by atoms with Gasteiger partial charge < -0.3 is 4.98 Å². The van der Waals surface area contributed by atoms with Crippen LogP contribution in [0.1, 0.15) is 56.0 Å². The summed E-state index contributed by atoms with van der Waals surface area (Å²) in [5.74, 6) is 0. The predicted octanol–water partition coefficient (Wildman–Crippen LogP) is 3.50. The molecule has 1 N–H and O–H groups in total. The molecule has 0 aliphatic heterocycles. The SMILES string of the molecule is CCCCCCCc1c(C)[nH]c(C)cc1=O. The minimum absolute atomic E-state index is 0.198. The van der Waals surface area contributed by atoms with Crippen LogP contribution in [0.3, 0.4) is 0 Å². The van der Waals surface area contributed by atoms with Gasteiger partial charge in [-0.3, -0.25) is 4.79 Å². The molecule has 0 aliphatic rings. The second-order valence-corrected chi connectivity index (χ2v) is 4.58. The third-order valence-electron chi connectivity index (χ3n) is 3.01. The van der Waals surface area contributed by atoms with Crippen molar-refractivity contribution in [3.63, 3.8) is 0 Å². The lowest BCUT2D eigenvalue weighted by Gasteiger charge is -2.06. The van der Waals surface area contributed by atoms with Crippen LogP contribution in [0.2, 0.25) is 0 Å². The number of unbranched alkanes of at least 4 members (excludes halogenated alkanes) is 4. The molecule has 0 aliphatic carbocycles. The number of aromatic nitrogens is 1. The molecule has 1 aromatic heterocycles. The lowest BCUT2D eigenvalue weighted by Crippen LogP contribution is -2.12. The molecule has 0 saturated carbocycles. The summed E-state index contributed by atoms with van der Waals surface area (Å²) in [6.45, 7) is 6.14. The summed E-state index contributed by atoms with van der Waals surface area (Å²) in [6.07, 6.45) is 7.16. The lowest BCUT2D eigenvalue weighted by molar-refractivity contribution is 0.629. The van der Waals surface area contributed by atoms with E-state index in [1.165, 1.54) is 25.7 Å². The van der Waals surface area contributed by atoms with Crippen molar-refractivity contribution >= 4 is 0 Å². The average Bonchev–Trinajstić information content (AvgIpc) is 2.20. The summed E-state index contributed by atoms with van der Waals surface area (Å²) < 4.78 is 0. The van der Waals surface area contributed by atoms with Crippen LogP contribution in [0.5, 0.6) is 0 Å². The van der Waals surface area contributed by atoms with Gasteiger partial charge in [0.05, 0.1) is 0 Å². The van der Waals surface area contributed by atoms with Crippen molar-refractivity contribution in [1.29, 1.82) is 0 Å². The molecule has 0 bridgehead atoms. The Balaban J connectivity index is 2.51. The van der Waals surface area contributed by atoms with Crippen LogP contribution < -0.4 is 5.43 Å². The van der Waals surface area contributed by atoms with Crippen molar-refractivity contribution in [2.75, 3.05) is 0 Å². The van der Waals surface area contributed by atoms with Crippen LogP contribution in [0.4, 0.5) is 0 Å². The van der Waals surface area contributed by atoms with Gasteiger partial charge in [-0.2, -0.15) is 0 Å². The van der Waals surface area contributed by atoms with Crippen molar-refractivity contribution in [1.82, 2.24) is 4.98 Å². The molecule has 0 spiro atoms. The zero-order valence-electron chi connectivity index (χ0n) is 10.7. The van der Waals surface area contributed by atoms with Gasteiger partial charge in [0.15, 0.2) is 5.43 Å². The van der Waals surface area contributed by atoms with Crippen LogP contribution >= 0.6 is 0 Å². The van der Waals surface area contributed by atoms with Crippen LogP contribution in [0, 0.1) is 13.8 Å². The first-order valence-electron chi connectivity index (χ1n) is 6.34. The zero-order valence-corrected chi connectivity index (χ0v) is 10.7. The molecule has 0 fully saturated rings. The van der Waals surface area contributed by atoms with Crippen molar-refractivity contribution in [3.05, 3.63) is 33.2 Å². The fourth-order valence-electron chi connectivity index (χ4n) is 2.09. The Kier molecular flexibility index (Phi) is 5.30. The highest BCUT2D eigenvalue weighted by Gasteiger charge is 2.04. The summed E-state index contributed by atoms with van der Waals surface area (Å²) >= 11 is 0. The summed E-state index contributed by atoms with van der Waals surface area (Å²) in [6, 6.07) is 1.70.